The smallest absolute Gasteiger partial charge is 0.0739 e. The molecule has 0 aromatic carbocycles. The minimum atomic E-state index is 0.515. The molecule has 0 amide bonds. The van der Waals surface area contributed by atoms with Gasteiger partial charge in [-0.1, -0.05) is 13.3 Å². The largest absolute Gasteiger partial charge is 0.329 e. The zero-order chi connectivity index (χ0) is 14.0. The summed E-state index contributed by atoms with van der Waals surface area (Å²) in [6, 6.07) is 0.515. The van der Waals surface area contributed by atoms with E-state index in [9.17, 15) is 0 Å². The molecule has 0 aliphatic carbocycles. The maximum absolute atomic E-state index is 5.97. The number of rotatable bonds is 4. The second-order valence-corrected chi connectivity index (χ2v) is 6.42. The highest BCUT2D eigenvalue weighted by molar-refractivity contribution is 9.10. The Kier molecular flexibility index (Phi) is 5.03. The third-order valence-electron chi connectivity index (χ3n) is 4.41. The SMILES string of the molecule is CCC1CCN(Cc2c(Br)c(C)nn2C)C(CN)C1. The summed E-state index contributed by atoms with van der Waals surface area (Å²) in [5.74, 6) is 0.849. The molecule has 0 bridgehead atoms. The molecule has 1 aromatic heterocycles. The van der Waals surface area contributed by atoms with Gasteiger partial charge in [0.2, 0.25) is 0 Å². The third-order valence-corrected chi connectivity index (χ3v) is 5.44. The van der Waals surface area contributed by atoms with Crippen LogP contribution in [0.5, 0.6) is 0 Å². The van der Waals surface area contributed by atoms with Crippen molar-refractivity contribution in [2.75, 3.05) is 13.1 Å². The molecular formula is C14H25BrN4. The molecule has 2 heterocycles. The first-order chi connectivity index (χ1) is 9.06. The standard InChI is InChI=1S/C14H25BrN4/c1-4-11-5-6-19(12(7-11)8-16)9-13-14(15)10(2)17-18(13)3/h11-12H,4-9,16H2,1-3H3. The zero-order valence-corrected chi connectivity index (χ0v) is 13.8. The van der Waals surface area contributed by atoms with Gasteiger partial charge in [0.05, 0.1) is 15.9 Å². The van der Waals surface area contributed by atoms with Crippen molar-refractivity contribution in [2.45, 2.75) is 45.7 Å². The molecule has 0 spiro atoms. The fourth-order valence-electron chi connectivity index (χ4n) is 3.05. The summed E-state index contributed by atoms with van der Waals surface area (Å²) in [4.78, 5) is 2.52. The van der Waals surface area contributed by atoms with Gasteiger partial charge in [0.15, 0.2) is 0 Å². The van der Waals surface area contributed by atoms with Gasteiger partial charge in [-0.25, -0.2) is 0 Å². The number of hydrogen-bond acceptors (Lipinski definition) is 3. The lowest BCUT2D eigenvalue weighted by Gasteiger charge is -2.38. The van der Waals surface area contributed by atoms with Crippen molar-refractivity contribution in [3.8, 4) is 0 Å². The predicted octanol–water partition coefficient (Wildman–Crippen LogP) is 2.44. The summed E-state index contributed by atoms with van der Waals surface area (Å²) in [5.41, 5.74) is 8.29. The van der Waals surface area contributed by atoms with Crippen LogP contribution in [0.2, 0.25) is 0 Å². The normalized spacial score (nSPS) is 24.9. The van der Waals surface area contributed by atoms with Gasteiger partial charge in [0.25, 0.3) is 0 Å². The Hall–Kier alpha value is -0.390. The molecule has 2 rings (SSSR count). The van der Waals surface area contributed by atoms with Crippen LogP contribution in [0.4, 0.5) is 0 Å². The number of aryl methyl sites for hydroxylation is 2. The van der Waals surface area contributed by atoms with E-state index in [-0.39, 0.29) is 0 Å². The van der Waals surface area contributed by atoms with Crippen LogP contribution < -0.4 is 5.73 Å². The number of halogens is 1. The Morgan fingerprint density at radius 3 is 2.74 bits per heavy atom. The van der Waals surface area contributed by atoms with Gasteiger partial charge in [-0.15, -0.1) is 0 Å². The van der Waals surface area contributed by atoms with Gasteiger partial charge in [0.1, 0.15) is 0 Å². The van der Waals surface area contributed by atoms with E-state index in [1.807, 2.05) is 18.7 Å². The molecule has 1 aliphatic rings. The predicted molar refractivity (Wildman–Crippen MR) is 81.9 cm³/mol. The first-order valence-corrected chi connectivity index (χ1v) is 7.98. The second-order valence-electron chi connectivity index (χ2n) is 5.63. The molecule has 1 fully saturated rings. The minimum absolute atomic E-state index is 0.515. The van der Waals surface area contributed by atoms with E-state index in [0.717, 1.165) is 35.7 Å². The summed E-state index contributed by atoms with van der Waals surface area (Å²) in [6.07, 6.45) is 3.81. The first kappa shape index (κ1) is 15.0. The maximum atomic E-state index is 5.97. The van der Waals surface area contributed by atoms with Gasteiger partial charge in [-0.2, -0.15) is 5.10 Å². The lowest BCUT2D eigenvalue weighted by molar-refractivity contribution is 0.105. The molecule has 1 aliphatic heterocycles. The highest BCUT2D eigenvalue weighted by Crippen LogP contribution is 2.28. The van der Waals surface area contributed by atoms with E-state index in [1.54, 1.807) is 0 Å². The van der Waals surface area contributed by atoms with E-state index < -0.39 is 0 Å². The van der Waals surface area contributed by atoms with Crippen LogP contribution in [-0.2, 0) is 13.6 Å². The Bertz CT molecular complexity index is 429. The highest BCUT2D eigenvalue weighted by atomic mass is 79.9. The number of nitrogens with two attached hydrogens (primary N) is 1. The van der Waals surface area contributed by atoms with Crippen LogP contribution >= 0.6 is 15.9 Å². The number of likely N-dealkylation sites (tertiary alicyclic amines) is 1. The second kappa shape index (κ2) is 6.37. The molecule has 1 aromatic rings. The molecule has 108 valence electrons. The molecular weight excluding hydrogens is 304 g/mol. The topological polar surface area (TPSA) is 47.1 Å². The summed E-state index contributed by atoms with van der Waals surface area (Å²) in [7, 11) is 2.02. The average molecular weight is 329 g/mol. The molecule has 0 radical (unpaired) electrons. The summed E-state index contributed by atoms with van der Waals surface area (Å²) >= 11 is 3.65. The van der Waals surface area contributed by atoms with Gasteiger partial charge in [0, 0.05) is 26.2 Å². The molecule has 2 atom stereocenters. The number of piperidine rings is 1. The Morgan fingerprint density at radius 2 is 2.21 bits per heavy atom. The summed E-state index contributed by atoms with van der Waals surface area (Å²) < 4.78 is 3.13. The number of nitrogens with zero attached hydrogens (tertiary/aromatic N) is 3. The van der Waals surface area contributed by atoms with Crippen molar-refractivity contribution >= 4 is 15.9 Å². The highest BCUT2D eigenvalue weighted by Gasteiger charge is 2.28. The molecule has 19 heavy (non-hydrogen) atoms. The van der Waals surface area contributed by atoms with Crippen molar-refractivity contribution in [1.82, 2.24) is 14.7 Å². The Labute approximate surface area is 124 Å². The van der Waals surface area contributed by atoms with Crippen molar-refractivity contribution in [1.29, 1.82) is 0 Å². The van der Waals surface area contributed by atoms with Crippen molar-refractivity contribution in [2.24, 2.45) is 18.7 Å². The Balaban J connectivity index is 2.09. The van der Waals surface area contributed by atoms with E-state index in [1.165, 1.54) is 25.0 Å². The lowest BCUT2D eigenvalue weighted by Crippen LogP contribution is -2.46. The van der Waals surface area contributed by atoms with Crippen molar-refractivity contribution < 1.29 is 0 Å². The molecule has 4 nitrogen and oxygen atoms in total. The van der Waals surface area contributed by atoms with Gasteiger partial charge < -0.3 is 5.73 Å². The molecule has 1 saturated heterocycles. The van der Waals surface area contributed by atoms with Crippen molar-refractivity contribution in [3.63, 3.8) is 0 Å². The number of aromatic nitrogens is 2. The molecule has 2 N–H and O–H groups in total. The van der Waals surface area contributed by atoms with Crippen LogP contribution in [0.15, 0.2) is 4.47 Å². The first-order valence-electron chi connectivity index (χ1n) is 7.18. The summed E-state index contributed by atoms with van der Waals surface area (Å²) in [6.45, 7) is 7.17. The van der Waals surface area contributed by atoms with Crippen LogP contribution in [0.3, 0.4) is 0 Å². The van der Waals surface area contributed by atoms with Gasteiger partial charge >= 0.3 is 0 Å². The van der Waals surface area contributed by atoms with Gasteiger partial charge in [-0.3, -0.25) is 9.58 Å². The average Bonchev–Trinajstić information content (AvgIpc) is 2.65. The van der Waals surface area contributed by atoms with Crippen LogP contribution in [0.1, 0.15) is 37.6 Å². The van der Waals surface area contributed by atoms with Gasteiger partial charge in [-0.05, 0) is 48.2 Å². The zero-order valence-electron chi connectivity index (χ0n) is 12.2. The van der Waals surface area contributed by atoms with Crippen LogP contribution in [0, 0.1) is 12.8 Å². The van der Waals surface area contributed by atoms with Crippen molar-refractivity contribution in [3.05, 3.63) is 15.9 Å². The number of hydrogen-bond donors (Lipinski definition) is 1. The van der Waals surface area contributed by atoms with E-state index in [0.29, 0.717) is 6.04 Å². The van der Waals surface area contributed by atoms with E-state index >= 15 is 0 Å². The fraction of sp³-hybridized carbons (Fsp3) is 0.786. The molecule has 2 unspecified atom stereocenters. The monoisotopic (exact) mass is 328 g/mol. The summed E-state index contributed by atoms with van der Waals surface area (Å²) in [5, 5.41) is 4.47. The third kappa shape index (κ3) is 3.20. The lowest BCUT2D eigenvalue weighted by atomic mass is 9.89. The van der Waals surface area contributed by atoms with Crippen LogP contribution in [0.25, 0.3) is 0 Å². The van der Waals surface area contributed by atoms with E-state index in [4.69, 9.17) is 5.73 Å². The Morgan fingerprint density at radius 1 is 1.47 bits per heavy atom. The molecule has 5 heteroatoms. The minimum Gasteiger partial charge on any atom is -0.329 e. The van der Waals surface area contributed by atoms with E-state index in [2.05, 4.69) is 32.9 Å². The van der Waals surface area contributed by atoms with Crippen LogP contribution in [-0.4, -0.2) is 33.8 Å². The quantitative estimate of drug-likeness (QED) is 0.923. The fourth-order valence-corrected chi connectivity index (χ4v) is 3.51. The maximum Gasteiger partial charge on any atom is 0.0739 e. The molecule has 0 saturated carbocycles.